The molecule has 2 heterocycles. The molecule has 1 aromatic heterocycles. The molecule has 3 aromatic rings. The summed E-state index contributed by atoms with van der Waals surface area (Å²) in [6, 6.07) is 10.4. The van der Waals surface area contributed by atoms with Gasteiger partial charge in [-0.1, -0.05) is 18.6 Å². The summed E-state index contributed by atoms with van der Waals surface area (Å²) in [5.74, 6) is 1.94. The zero-order valence-electron chi connectivity index (χ0n) is 20.8. The van der Waals surface area contributed by atoms with Crippen molar-refractivity contribution < 1.29 is 17.9 Å². The number of halogens is 1. The van der Waals surface area contributed by atoms with Crippen LogP contribution in [0.25, 0.3) is 0 Å². The summed E-state index contributed by atoms with van der Waals surface area (Å²) in [4.78, 5) is 11.3. The Morgan fingerprint density at radius 3 is 2.65 bits per heavy atom. The lowest BCUT2D eigenvalue weighted by Crippen LogP contribution is -2.33. The third kappa shape index (κ3) is 7.10. The maximum atomic E-state index is 12.1. The number of para-hydroxylation sites is 1. The smallest absolute Gasteiger partial charge is 0.240 e. The van der Waals surface area contributed by atoms with E-state index in [2.05, 4.69) is 41.4 Å². The first-order valence-electron chi connectivity index (χ1n) is 12.0. The van der Waals surface area contributed by atoms with Crippen LogP contribution in [0.4, 0.5) is 23.1 Å². The Hall–Kier alpha value is -2.93. The number of aryl methyl sites for hydroxylation is 1. The Kier molecular flexibility index (Phi) is 8.85. The fourth-order valence-corrected chi connectivity index (χ4v) is 5.20. The molecule has 10 nitrogen and oxygen atoms in total. The van der Waals surface area contributed by atoms with E-state index in [4.69, 9.17) is 14.6 Å². The van der Waals surface area contributed by atoms with Gasteiger partial charge < -0.3 is 20.1 Å². The molecule has 4 rings (SSSR count). The highest BCUT2D eigenvalue weighted by Gasteiger charge is 2.18. The van der Waals surface area contributed by atoms with Crippen LogP contribution in [0.5, 0.6) is 11.5 Å². The van der Waals surface area contributed by atoms with Crippen LogP contribution in [0.3, 0.4) is 0 Å². The van der Waals surface area contributed by atoms with Crippen molar-refractivity contribution in [1.82, 2.24) is 14.9 Å². The molecule has 198 valence electrons. The molecular weight excluding hydrogens is 560 g/mol. The van der Waals surface area contributed by atoms with Crippen LogP contribution < -0.4 is 25.2 Å². The lowest BCUT2D eigenvalue weighted by atomic mass is 10.1. The molecule has 0 amide bonds. The molecule has 1 fully saturated rings. The minimum absolute atomic E-state index is 0.0245. The van der Waals surface area contributed by atoms with Gasteiger partial charge >= 0.3 is 0 Å². The van der Waals surface area contributed by atoms with Crippen molar-refractivity contribution in [2.24, 2.45) is 5.14 Å². The molecule has 1 aliphatic rings. The number of benzene rings is 2. The fraction of sp³-hybridized carbons (Fsp3) is 0.360. The van der Waals surface area contributed by atoms with Crippen molar-refractivity contribution >= 4 is 49.1 Å². The number of nitrogens with one attached hydrogen (secondary N) is 2. The molecule has 1 saturated heterocycles. The molecule has 4 N–H and O–H groups in total. The zero-order valence-corrected chi connectivity index (χ0v) is 23.2. The third-order valence-corrected chi connectivity index (χ3v) is 7.60. The number of aromatic nitrogens is 2. The van der Waals surface area contributed by atoms with Gasteiger partial charge in [0.2, 0.25) is 16.0 Å². The SMILES string of the molecule is COc1ccc(OCCN2CCCCC2)cc1Nc1ncc(Br)c(Nc2c(C)cccc2S(N)(=O)=O)n1. The normalized spacial score (nSPS) is 14.3. The summed E-state index contributed by atoms with van der Waals surface area (Å²) in [7, 11) is -2.36. The number of hydrogen-bond acceptors (Lipinski definition) is 9. The maximum Gasteiger partial charge on any atom is 0.240 e. The van der Waals surface area contributed by atoms with Gasteiger partial charge in [0.1, 0.15) is 28.8 Å². The number of rotatable bonds is 10. The molecule has 37 heavy (non-hydrogen) atoms. The van der Waals surface area contributed by atoms with Crippen LogP contribution in [0.1, 0.15) is 24.8 Å². The second kappa shape index (κ2) is 12.1. The Bertz CT molecular complexity index is 1350. The van der Waals surface area contributed by atoms with Crippen molar-refractivity contribution in [3.8, 4) is 11.5 Å². The summed E-state index contributed by atoms with van der Waals surface area (Å²) < 4.78 is 36.3. The zero-order chi connectivity index (χ0) is 26.4. The van der Waals surface area contributed by atoms with E-state index >= 15 is 0 Å². The summed E-state index contributed by atoms with van der Waals surface area (Å²) in [6.07, 6.45) is 5.36. The van der Waals surface area contributed by atoms with E-state index in [0.29, 0.717) is 45.3 Å². The fourth-order valence-electron chi connectivity index (χ4n) is 4.14. The Balaban J connectivity index is 1.52. The number of primary sulfonamides is 1. The number of sulfonamides is 1. The van der Waals surface area contributed by atoms with E-state index in [1.165, 1.54) is 25.3 Å². The molecule has 0 saturated carbocycles. The van der Waals surface area contributed by atoms with Gasteiger partial charge in [-0.3, -0.25) is 4.90 Å². The molecule has 1 aliphatic heterocycles. The van der Waals surface area contributed by atoms with Crippen LogP contribution in [0, 0.1) is 6.92 Å². The molecular formula is C25H31BrN6O4S. The number of ether oxygens (including phenoxy) is 2. The van der Waals surface area contributed by atoms with Gasteiger partial charge in [0.25, 0.3) is 0 Å². The molecule has 0 spiro atoms. The number of hydrogen-bond donors (Lipinski definition) is 3. The average molecular weight is 592 g/mol. The number of anilines is 4. The molecule has 2 aromatic carbocycles. The van der Waals surface area contributed by atoms with Crippen LogP contribution in [0.2, 0.25) is 0 Å². The van der Waals surface area contributed by atoms with Gasteiger partial charge in [0, 0.05) is 18.8 Å². The van der Waals surface area contributed by atoms with E-state index in [1.54, 1.807) is 32.4 Å². The van der Waals surface area contributed by atoms with Gasteiger partial charge in [0.05, 0.1) is 23.0 Å². The van der Waals surface area contributed by atoms with E-state index < -0.39 is 10.0 Å². The predicted octanol–water partition coefficient (Wildman–Crippen LogP) is 4.56. The van der Waals surface area contributed by atoms with Crippen molar-refractivity contribution in [1.29, 1.82) is 0 Å². The number of nitrogens with zero attached hydrogens (tertiary/aromatic N) is 3. The minimum atomic E-state index is -3.95. The van der Waals surface area contributed by atoms with Crippen LogP contribution in [-0.2, 0) is 10.0 Å². The van der Waals surface area contributed by atoms with Gasteiger partial charge in [-0.25, -0.2) is 18.5 Å². The van der Waals surface area contributed by atoms with E-state index in [1.807, 2.05) is 18.2 Å². The van der Waals surface area contributed by atoms with Crippen molar-refractivity contribution in [3.05, 3.63) is 52.6 Å². The quantitative estimate of drug-likeness (QED) is 0.311. The van der Waals surface area contributed by atoms with Crippen molar-refractivity contribution in [2.45, 2.75) is 31.1 Å². The molecule has 0 radical (unpaired) electrons. The van der Waals surface area contributed by atoms with Crippen molar-refractivity contribution in [2.75, 3.05) is 44.0 Å². The van der Waals surface area contributed by atoms with E-state index in [9.17, 15) is 8.42 Å². The first-order valence-corrected chi connectivity index (χ1v) is 14.3. The highest BCUT2D eigenvalue weighted by Crippen LogP contribution is 2.33. The van der Waals surface area contributed by atoms with Crippen molar-refractivity contribution in [3.63, 3.8) is 0 Å². The van der Waals surface area contributed by atoms with E-state index in [-0.39, 0.29) is 10.8 Å². The monoisotopic (exact) mass is 590 g/mol. The van der Waals surface area contributed by atoms with Crippen LogP contribution in [-0.4, -0.2) is 56.6 Å². The lowest BCUT2D eigenvalue weighted by molar-refractivity contribution is 0.183. The summed E-state index contributed by atoms with van der Waals surface area (Å²) >= 11 is 3.43. The third-order valence-electron chi connectivity index (χ3n) is 6.07. The first-order chi connectivity index (χ1) is 17.7. The Labute approximate surface area is 225 Å². The number of nitrogens with two attached hydrogens (primary N) is 1. The molecule has 0 aliphatic carbocycles. The predicted molar refractivity (Wildman–Crippen MR) is 148 cm³/mol. The highest BCUT2D eigenvalue weighted by molar-refractivity contribution is 9.10. The summed E-state index contributed by atoms with van der Waals surface area (Å²) in [5, 5.41) is 11.7. The largest absolute Gasteiger partial charge is 0.495 e. The first kappa shape index (κ1) is 27.1. The molecule has 0 unspecified atom stereocenters. The van der Waals surface area contributed by atoms with Gasteiger partial charge in [-0.2, -0.15) is 4.98 Å². The van der Waals surface area contributed by atoms with E-state index in [0.717, 1.165) is 19.6 Å². The maximum absolute atomic E-state index is 12.1. The second-order valence-electron chi connectivity index (χ2n) is 8.75. The molecule has 12 heteroatoms. The van der Waals surface area contributed by atoms with Gasteiger partial charge in [-0.15, -0.1) is 0 Å². The van der Waals surface area contributed by atoms with Crippen LogP contribution >= 0.6 is 15.9 Å². The van der Waals surface area contributed by atoms with Gasteiger partial charge in [-0.05, 0) is 72.5 Å². The highest BCUT2D eigenvalue weighted by atomic mass is 79.9. The standard InChI is InChI=1S/C25H31BrN6O4S/c1-17-7-6-8-22(37(27,33)34)23(17)30-24-19(26)16-28-25(31-24)29-20-15-18(9-10-21(20)35-2)36-14-13-32-11-4-3-5-12-32/h6-10,15-16H,3-5,11-14H2,1-2H3,(H2,27,33,34)(H2,28,29,30,31). The number of methoxy groups -OCH3 is 1. The minimum Gasteiger partial charge on any atom is -0.495 e. The number of likely N-dealkylation sites (tertiary alicyclic amines) is 1. The second-order valence-corrected chi connectivity index (χ2v) is 11.1. The molecule has 0 bridgehead atoms. The summed E-state index contributed by atoms with van der Waals surface area (Å²) in [6.45, 7) is 5.51. The topological polar surface area (TPSA) is 132 Å². The Morgan fingerprint density at radius 1 is 1.14 bits per heavy atom. The van der Waals surface area contributed by atoms with Gasteiger partial charge in [0.15, 0.2) is 0 Å². The Morgan fingerprint density at radius 2 is 1.92 bits per heavy atom. The summed E-state index contributed by atoms with van der Waals surface area (Å²) in [5.41, 5.74) is 1.67. The van der Waals surface area contributed by atoms with Crippen LogP contribution in [0.15, 0.2) is 52.0 Å². The lowest BCUT2D eigenvalue weighted by Gasteiger charge is -2.26. The molecule has 0 atom stereocenters. The number of piperidine rings is 1. The average Bonchev–Trinajstić information content (AvgIpc) is 2.87.